The molecule has 0 aliphatic carbocycles. The van der Waals surface area contributed by atoms with Gasteiger partial charge in [-0.25, -0.2) is 4.98 Å². The van der Waals surface area contributed by atoms with Crippen LogP contribution in [-0.2, 0) is 0 Å². The van der Waals surface area contributed by atoms with Crippen molar-refractivity contribution in [2.24, 2.45) is 5.41 Å². The Morgan fingerprint density at radius 1 is 1.43 bits per heavy atom. The van der Waals surface area contributed by atoms with Gasteiger partial charge in [-0.1, -0.05) is 32.1 Å². The molecule has 1 amide bonds. The van der Waals surface area contributed by atoms with Gasteiger partial charge in [0, 0.05) is 19.6 Å². The lowest BCUT2D eigenvalue weighted by atomic mass is 9.82. The lowest BCUT2D eigenvalue weighted by Crippen LogP contribution is -2.31. The number of nitrogens with zero attached hydrogens (tertiary/aromatic N) is 2. The van der Waals surface area contributed by atoms with Gasteiger partial charge in [-0.3, -0.25) is 4.79 Å². The van der Waals surface area contributed by atoms with Gasteiger partial charge in [-0.2, -0.15) is 0 Å². The van der Waals surface area contributed by atoms with Crippen molar-refractivity contribution in [3.05, 3.63) is 4.88 Å². The third kappa shape index (κ3) is 3.31. The number of nitrogens with one attached hydrogen (secondary N) is 1. The average molecular weight is 310 g/mol. The zero-order valence-electron chi connectivity index (χ0n) is 13.2. The monoisotopic (exact) mass is 310 g/mol. The second-order valence-electron chi connectivity index (χ2n) is 5.84. The number of hydrogen-bond acceptors (Lipinski definition) is 5. The summed E-state index contributed by atoms with van der Waals surface area (Å²) >= 11 is 1.37. The van der Waals surface area contributed by atoms with Crippen LogP contribution < -0.4 is 11.1 Å². The van der Waals surface area contributed by atoms with E-state index in [-0.39, 0.29) is 5.91 Å². The van der Waals surface area contributed by atoms with Gasteiger partial charge in [-0.05, 0) is 31.1 Å². The number of amides is 1. The van der Waals surface area contributed by atoms with Gasteiger partial charge in [-0.15, -0.1) is 0 Å². The molecule has 21 heavy (non-hydrogen) atoms. The van der Waals surface area contributed by atoms with Crippen molar-refractivity contribution in [1.82, 2.24) is 9.88 Å². The maximum Gasteiger partial charge on any atom is 0.267 e. The number of nitrogen functional groups attached to an aromatic ring is 1. The number of rotatable bonds is 6. The van der Waals surface area contributed by atoms with Crippen LogP contribution in [0.5, 0.6) is 0 Å². The second kappa shape index (κ2) is 6.64. The molecular formula is C15H26N4OS. The van der Waals surface area contributed by atoms with Crippen LogP contribution in [0.2, 0.25) is 0 Å². The Morgan fingerprint density at radius 2 is 2.14 bits per heavy atom. The normalized spacial score (nSPS) is 17.2. The third-order valence-corrected chi connectivity index (χ3v) is 5.62. The smallest absolute Gasteiger partial charge is 0.267 e. The molecule has 0 atom stereocenters. The molecule has 1 aliphatic rings. The molecule has 1 saturated heterocycles. The van der Waals surface area contributed by atoms with Gasteiger partial charge in [0.05, 0.1) is 0 Å². The first-order chi connectivity index (χ1) is 10.0. The summed E-state index contributed by atoms with van der Waals surface area (Å²) in [6, 6.07) is 0. The van der Waals surface area contributed by atoms with Crippen molar-refractivity contribution in [3.8, 4) is 0 Å². The molecule has 0 radical (unpaired) electrons. The molecule has 0 bridgehead atoms. The summed E-state index contributed by atoms with van der Waals surface area (Å²) in [6.45, 7) is 9.04. The van der Waals surface area contributed by atoms with Gasteiger partial charge in [0.15, 0.2) is 5.13 Å². The van der Waals surface area contributed by atoms with Crippen molar-refractivity contribution < 1.29 is 4.79 Å². The highest BCUT2D eigenvalue weighted by molar-refractivity contribution is 7.18. The van der Waals surface area contributed by atoms with Crippen molar-refractivity contribution in [2.45, 2.75) is 46.5 Å². The van der Waals surface area contributed by atoms with Crippen LogP contribution in [0.1, 0.15) is 56.1 Å². The molecule has 0 aromatic carbocycles. The van der Waals surface area contributed by atoms with Gasteiger partial charge in [0.25, 0.3) is 5.91 Å². The first-order valence-electron chi connectivity index (χ1n) is 7.84. The Kier molecular flexibility index (Phi) is 5.08. The summed E-state index contributed by atoms with van der Waals surface area (Å²) in [7, 11) is 0. The summed E-state index contributed by atoms with van der Waals surface area (Å²) in [4.78, 5) is 19.4. The van der Waals surface area contributed by atoms with E-state index in [9.17, 15) is 4.79 Å². The number of carbonyl (C=O) groups is 1. The van der Waals surface area contributed by atoms with Crippen LogP contribution in [0.4, 0.5) is 10.9 Å². The molecule has 0 unspecified atom stereocenters. The molecule has 1 aromatic rings. The quantitative estimate of drug-likeness (QED) is 0.846. The van der Waals surface area contributed by atoms with Gasteiger partial charge in [0.2, 0.25) is 0 Å². The van der Waals surface area contributed by atoms with E-state index in [1.54, 1.807) is 0 Å². The van der Waals surface area contributed by atoms with E-state index in [0.717, 1.165) is 50.4 Å². The summed E-state index contributed by atoms with van der Waals surface area (Å²) in [5.41, 5.74) is 6.22. The highest BCUT2D eigenvalue weighted by Gasteiger charge is 2.38. The minimum Gasteiger partial charge on any atom is -0.382 e. The minimum absolute atomic E-state index is 0.0401. The van der Waals surface area contributed by atoms with Crippen molar-refractivity contribution in [1.29, 1.82) is 0 Å². The molecule has 0 spiro atoms. The predicted octanol–water partition coefficient (Wildman–Crippen LogP) is 3.20. The molecule has 3 N–H and O–H groups in total. The number of thiazole rings is 1. The van der Waals surface area contributed by atoms with Gasteiger partial charge >= 0.3 is 0 Å². The number of hydrogen-bond donors (Lipinski definition) is 2. The number of carbonyl (C=O) groups excluding carboxylic acids is 1. The van der Waals surface area contributed by atoms with Crippen LogP contribution in [-0.4, -0.2) is 35.4 Å². The Labute approximate surface area is 130 Å². The molecule has 1 aliphatic heterocycles. The third-order valence-electron chi connectivity index (χ3n) is 4.60. The lowest BCUT2D eigenvalue weighted by Gasteiger charge is -2.26. The van der Waals surface area contributed by atoms with Crippen molar-refractivity contribution in [3.63, 3.8) is 0 Å². The number of likely N-dealkylation sites (tertiary alicyclic amines) is 1. The minimum atomic E-state index is 0.0401. The molecule has 6 heteroatoms. The zero-order valence-corrected chi connectivity index (χ0v) is 14.1. The van der Waals surface area contributed by atoms with Crippen LogP contribution >= 0.6 is 11.3 Å². The number of anilines is 2. The second-order valence-corrected chi connectivity index (χ2v) is 6.84. The molecular weight excluding hydrogens is 284 g/mol. The fraction of sp³-hybridized carbons (Fsp3) is 0.733. The Morgan fingerprint density at radius 3 is 2.71 bits per heavy atom. The van der Waals surface area contributed by atoms with Gasteiger partial charge in [0.1, 0.15) is 10.7 Å². The van der Waals surface area contributed by atoms with Crippen LogP contribution in [0.15, 0.2) is 0 Å². The van der Waals surface area contributed by atoms with E-state index in [4.69, 9.17) is 5.73 Å². The predicted molar refractivity (Wildman–Crippen MR) is 88.8 cm³/mol. The largest absolute Gasteiger partial charge is 0.382 e. The Bertz CT molecular complexity index is 496. The molecule has 2 rings (SSSR count). The first-order valence-corrected chi connectivity index (χ1v) is 8.66. The number of nitrogens with two attached hydrogens (primary N) is 1. The number of aromatic nitrogens is 1. The molecule has 1 aromatic heterocycles. The van der Waals surface area contributed by atoms with E-state index in [0.29, 0.717) is 16.1 Å². The summed E-state index contributed by atoms with van der Waals surface area (Å²) in [6.07, 6.45) is 4.35. The topological polar surface area (TPSA) is 71.2 Å². The van der Waals surface area contributed by atoms with Gasteiger partial charge < -0.3 is 16.0 Å². The van der Waals surface area contributed by atoms with Crippen LogP contribution in [0.25, 0.3) is 0 Å². The maximum absolute atomic E-state index is 12.7. The van der Waals surface area contributed by atoms with E-state index >= 15 is 0 Å². The van der Waals surface area contributed by atoms with Crippen LogP contribution in [0.3, 0.4) is 0 Å². The van der Waals surface area contributed by atoms with Crippen molar-refractivity contribution >= 4 is 28.2 Å². The Hall–Kier alpha value is -1.30. The first kappa shape index (κ1) is 16.1. The Balaban J connectivity index is 2.09. The fourth-order valence-corrected chi connectivity index (χ4v) is 3.75. The molecule has 0 saturated carbocycles. The maximum atomic E-state index is 12.7. The standard InChI is InChI=1S/C15H26N4OS/c1-4-8-17-14-18-12(16)11(21-14)13(20)19-9-7-15(5-2,6-3)10-19/h4-10,16H2,1-3H3,(H,17,18). The van der Waals surface area contributed by atoms with E-state index in [1.165, 1.54) is 11.3 Å². The summed E-state index contributed by atoms with van der Waals surface area (Å²) in [5, 5.41) is 3.94. The van der Waals surface area contributed by atoms with E-state index < -0.39 is 0 Å². The van der Waals surface area contributed by atoms with E-state index in [1.807, 2.05) is 4.90 Å². The SMILES string of the molecule is CCCNc1nc(N)c(C(=O)N2CCC(CC)(CC)C2)s1. The lowest BCUT2D eigenvalue weighted by molar-refractivity contribution is 0.0775. The molecule has 118 valence electrons. The molecule has 5 nitrogen and oxygen atoms in total. The molecule has 2 heterocycles. The van der Waals surface area contributed by atoms with E-state index in [2.05, 4.69) is 31.1 Å². The highest BCUT2D eigenvalue weighted by Crippen LogP contribution is 2.38. The fourth-order valence-electron chi connectivity index (χ4n) is 2.87. The highest BCUT2D eigenvalue weighted by atomic mass is 32.1. The average Bonchev–Trinajstić information content (AvgIpc) is 3.09. The zero-order chi connectivity index (χ0) is 15.5. The summed E-state index contributed by atoms with van der Waals surface area (Å²) in [5.74, 6) is 0.396. The van der Waals surface area contributed by atoms with Crippen LogP contribution in [0, 0.1) is 5.41 Å². The summed E-state index contributed by atoms with van der Waals surface area (Å²) < 4.78 is 0. The molecule has 1 fully saturated rings. The van der Waals surface area contributed by atoms with Crippen molar-refractivity contribution in [2.75, 3.05) is 30.7 Å².